The van der Waals surface area contributed by atoms with E-state index in [9.17, 15) is 8.42 Å². The molecule has 1 aliphatic heterocycles. The van der Waals surface area contributed by atoms with Crippen LogP contribution in [0.2, 0.25) is 0 Å². The average Bonchev–Trinajstić information content (AvgIpc) is 1.91. The summed E-state index contributed by atoms with van der Waals surface area (Å²) in [7, 11) is -3.05. The Morgan fingerprint density at radius 1 is 1.50 bits per heavy atom. The van der Waals surface area contributed by atoms with Crippen LogP contribution < -0.4 is 10.0 Å². The zero-order valence-corrected chi connectivity index (χ0v) is 8.32. The van der Waals surface area contributed by atoms with Crippen molar-refractivity contribution in [1.82, 2.24) is 10.0 Å². The van der Waals surface area contributed by atoms with E-state index in [2.05, 4.69) is 17.0 Å². The van der Waals surface area contributed by atoms with Crippen molar-refractivity contribution in [2.24, 2.45) is 5.92 Å². The van der Waals surface area contributed by atoms with Crippen LogP contribution in [0.1, 0.15) is 13.3 Å². The largest absolute Gasteiger partial charge is 0.315 e. The Morgan fingerprint density at radius 3 is 2.67 bits per heavy atom. The van der Waals surface area contributed by atoms with Gasteiger partial charge in [-0.1, -0.05) is 6.92 Å². The van der Waals surface area contributed by atoms with E-state index in [-0.39, 0.29) is 6.04 Å². The Balaban J connectivity index is 2.50. The van der Waals surface area contributed by atoms with Gasteiger partial charge in [-0.25, -0.2) is 13.1 Å². The van der Waals surface area contributed by atoms with Crippen molar-refractivity contribution < 1.29 is 8.42 Å². The van der Waals surface area contributed by atoms with Crippen LogP contribution in [0.4, 0.5) is 0 Å². The molecular weight excluding hydrogens is 176 g/mol. The maximum Gasteiger partial charge on any atom is 0.209 e. The summed E-state index contributed by atoms with van der Waals surface area (Å²) >= 11 is 0. The summed E-state index contributed by atoms with van der Waals surface area (Å²) < 4.78 is 24.4. The van der Waals surface area contributed by atoms with E-state index in [0.717, 1.165) is 19.5 Å². The Bertz CT molecular complexity index is 238. The molecule has 1 rings (SSSR count). The van der Waals surface area contributed by atoms with Crippen molar-refractivity contribution >= 4 is 10.0 Å². The van der Waals surface area contributed by atoms with Gasteiger partial charge in [0, 0.05) is 12.6 Å². The first-order valence-electron chi connectivity index (χ1n) is 4.17. The third-order valence-electron chi connectivity index (χ3n) is 2.19. The molecule has 1 heterocycles. The molecule has 0 aromatic heterocycles. The first kappa shape index (κ1) is 9.95. The molecule has 72 valence electrons. The highest BCUT2D eigenvalue weighted by Crippen LogP contribution is 2.11. The van der Waals surface area contributed by atoms with Crippen molar-refractivity contribution in [1.29, 1.82) is 0 Å². The molecule has 0 bridgehead atoms. The standard InChI is InChI=1S/C7H16N2O2S/c1-6-3-4-8-5-7(6)9-12(2,10)11/h6-9H,3-5H2,1-2H3. The lowest BCUT2D eigenvalue weighted by Gasteiger charge is -2.29. The SMILES string of the molecule is CC1CCNCC1NS(C)(=O)=O. The van der Waals surface area contributed by atoms with Gasteiger partial charge in [0.2, 0.25) is 10.0 Å². The minimum absolute atomic E-state index is 0.0637. The van der Waals surface area contributed by atoms with E-state index < -0.39 is 10.0 Å². The van der Waals surface area contributed by atoms with Gasteiger partial charge in [0.05, 0.1) is 6.26 Å². The summed E-state index contributed by atoms with van der Waals surface area (Å²) in [5, 5.41) is 3.16. The molecular formula is C7H16N2O2S. The molecule has 1 saturated heterocycles. The van der Waals surface area contributed by atoms with Crippen LogP contribution in [0.15, 0.2) is 0 Å². The third-order valence-corrected chi connectivity index (χ3v) is 2.92. The molecule has 2 unspecified atom stereocenters. The van der Waals surface area contributed by atoms with Gasteiger partial charge < -0.3 is 5.32 Å². The van der Waals surface area contributed by atoms with Crippen LogP contribution in [0.25, 0.3) is 0 Å². The smallest absolute Gasteiger partial charge is 0.209 e. The highest BCUT2D eigenvalue weighted by atomic mass is 32.2. The number of piperidine rings is 1. The van der Waals surface area contributed by atoms with Crippen LogP contribution >= 0.6 is 0 Å². The third kappa shape index (κ3) is 3.08. The van der Waals surface area contributed by atoms with E-state index in [1.54, 1.807) is 0 Å². The van der Waals surface area contributed by atoms with E-state index >= 15 is 0 Å². The number of hydrogen-bond donors (Lipinski definition) is 2. The molecule has 1 aliphatic rings. The van der Waals surface area contributed by atoms with Crippen LogP contribution in [0.5, 0.6) is 0 Å². The summed E-state index contributed by atoms with van der Waals surface area (Å²) in [5.41, 5.74) is 0. The van der Waals surface area contributed by atoms with E-state index in [1.807, 2.05) is 0 Å². The highest BCUT2D eigenvalue weighted by molar-refractivity contribution is 7.88. The predicted octanol–water partition coefficient (Wildman–Crippen LogP) is -0.466. The Kier molecular flexibility index (Phi) is 3.09. The number of nitrogens with one attached hydrogen (secondary N) is 2. The van der Waals surface area contributed by atoms with Crippen LogP contribution in [-0.4, -0.2) is 33.8 Å². The molecule has 0 aromatic rings. The van der Waals surface area contributed by atoms with E-state index in [4.69, 9.17) is 0 Å². The van der Waals surface area contributed by atoms with Gasteiger partial charge in [0.25, 0.3) is 0 Å². The molecule has 0 aromatic carbocycles. The average molecular weight is 192 g/mol. The van der Waals surface area contributed by atoms with Crippen molar-refractivity contribution in [2.75, 3.05) is 19.3 Å². The lowest BCUT2D eigenvalue weighted by Crippen LogP contribution is -2.49. The van der Waals surface area contributed by atoms with Gasteiger partial charge in [-0.3, -0.25) is 0 Å². The summed E-state index contributed by atoms with van der Waals surface area (Å²) in [5.74, 6) is 0.431. The summed E-state index contributed by atoms with van der Waals surface area (Å²) in [4.78, 5) is 0. The van der Waals surface area contributed by atoms with Gasteiger partial charge in [0.1, 0.15) is 0 Å². The van der Waals surface area contributed by atoms with Gasteiger partial charge in [-0.2, -0.15) is 0 Å². The maximum absolute atomic E-state index is 10.9. The minimum atomic E-state index is -3.05. The topological polar surface area (TPSA) is 58.2 Å². The van der Waals surface area contributed by atoms with Crippen LogP contribution in [-0.2, 0) is 10.0 Å². The van der Waals surface area contributed by atoms with Crippen LogP contribution in [0, 0.1) is 5.92 Å². The minimum Gasteiger partial charge on any atom is -0.315 e. The Labute approximate surface area is 73.8 Å². The summed E-state index contributed by atoms with van der Waals surface area (Å²) in [6, 6.07) is 0.0637. The van der Waals surface area contributed by atoms with E-state index in [1.165, 1.54) is 6.26 Å². The first-order valence-corrected chi connectivity index (χ1v) is 6.06. The fraction of sp³-hybridized carbons (Fsp3) is 1.00. The molecule has 2 atom stereocenters. The Morgan fingerprint density at radius 2 is 2.17 bits per heavy atom. The molecule has 0 aliphatic carbocycles. The molecule has 0 saturated carbocycles. The van der Waals surface area contributed by atoms with E-state index in [0.29, 0.717) is 5.92 Å². The second-order valence-electron chi connectivity index (χ2n) is 3.47. The lowest BCUT2D eigenvalue weighted by molar-refractivity contribution is 0.327. The van der Waals surface area contributed by atoms with Gasteiger partial charge in [0.15, 0.2) is 0 Å². The lowest BCUT2D eigenvalue weighted by atomic mass is 9.96. The summed E-state index contributed by atoms with van der Waals surface area (Å²) in [6.45, 7) is 3.81. The number of sulfonamides is 1. The van der Waals surface area contributed by atoms with Crippen molar-refractivity contribution in [3.05, 3.63) is 0 Å². The van der Waals surface area contributed by atoms with Crippen molar-refractivity contribution in [3.8, 4) is 0 Å². The first-order chi connectivity index (χ1) is 5.49. The fourth-order valence-corrected chi connectivity index (χ4v) is 2.29. The molecule has 0 spiro atoms. The second-order valence-corrected chi connectivity index (χ2v) is 5.25. The molecule has 2 N–H and O–H groups in total. The van der Waals surface area contributed by atoms with Crippen LogP contribution in [0.3, 0.4) is 0 Å². The normalized spacial score (nSPS) is 31.8. The van der Waals surface area contributed by atoms with Crippen molar-refractivity contribution in [3.63, 3.8) is 0 Å². The predicted molar refractivity (Wildman–Crippen MR) is 48.4 cm³/mol. The zero-order valence-electron chi connectivity index (χ0n) is 7.50. The molecule has 0 amide bonds. The summed E-state index contributed by atoms with van der Waals surface area (Å²) in [6.07, 6.45) is 2.24. The van der Waals surface area contributed by atoms with Crippen molar-refractivity contribution in [2.45, 2.75) is 19.4 Å². The van der Waals surface area contributed by atoms with Gasteiger partial charge in [-0.05, 0) is 18.9 Å². The number of hydrogen-bond acceptors (Lipinski definition) is 3. The van der Waals surface area contributed by atoms with Gasteiger partial charge >= 0.3 is 0 Å². The number of rotatable bonds is 2. The Hall–Kier alpha value is -0.130. The maximum atomic E-state index is 10.9. The quantitative estimate of drug-likeness (QED) is 0.622. The molecule has 12 heavy (non-hydrogen) atoms. The fourth-order valence-electron chi connectivity index (χ4n) is 1.42. The molecule has 0 radical (unpaired) electrons. The molecule has 5 heteroatoms. The zero-order chi connectivity index (χ0) is 9.19. The molecule has 1 fully saturated rings. The second kappa shape index (κ2) is 3.72. The molecule has 4 nitrogen and oxygen atoms in total. The van der Waals surface area contributed by atoms with Gasteiger partial charge in [-0.15, -0.1) is 0 Å². The monoisotopic (exact) mass is 192 g/mol. The highest BCUT2D eigenvalue weighted by Gasteiger charge is 2.23.